The molecule has 0 saturated carbocycles. The number of ether oxygens (including phenoxy) is 1. The van der Waals surface area contributed by atoms with E-state index in [0.717, 1.165) is 28.0 Å². The van der Waals surface area contributed by atoms with Gasteiger partial charge < -0.3 is 20.1 Å². The first-order valence-corrected chi connectivity index (χ1v) is 13.0. The molecule has 3 N–H and O–H groups in total. The molecule has 37 heavy (non-hydrogen) atoms. The number of anilines is 1. The number of hydrogen-bond donors (Lipinski definition) is 3. The van der Waals surface area contributed by atoms with Crippen molar-refractivity contribution >= 4 is 64.1 Å². The number of amides is 3. The fourth-order valence-electron chi connectivity index (χ4n) is 4.44. The smallest absolute Gasteiger partial charge is 0.323 e. The molecule has 5 rings (SSSR count). The first kappa shape index (κ1) is 25.1. The number of rotatable bonds is 7. The second kappa shape index (κ2) is 10.0. The van der Waals surface area contributed by atoms with Crippen LogP contribution in [-0.4, -0.2) is 57.1 Å². The molecule has 13 heteroatoms. The van der Waals surface area contributed by atoms with E-state index in [1.165, 1.54) is 0 Å². The van der Waals surface area contributed by atoms with Crippen LogP contribution < -0.4 is 14.9 Å². The summed E-state index contributed by atoms with van der Waals surface area (Å²) < 4.78 is 5.84. The summed E-state index contributed by atoms with van der Waals surface area (Å²) in [7, 11) is 0. The number of aliphatic carboxylic acids is 1. The zero-order valence-electron chi connectivity index (χ0n) is 18.8. The summed E-state index contributed by atoms with van der Waals surface area (Å²) in [4.78, 5) is 66.0. The van der Waals surface area contributed by atoms with Gasteiger partial charge >= 0.3 is 10.8 Å². The molecule has 1 aromatic heterocycles. The molecule has 3 amide bonds. The fourth-order valence-corrected chi connectivity index (χ4v) is 7.10. The van der Waals surface area contributed by atoms with Gasteiger partial charge in [0.05, 0.1) is 10.9 Å². The number of fused-ring (bicyclic) bond motifs is 2. The second-order valence-electron chi connectivity index (χ2n) is 8.29. The van der Waals surface area contributed by atoms with Gasteiger partial charge in [0.25, 0.3) is 5.91 Å². The number of nitrogens with zero attached hydrogens (tertiary/aromatic N) is 1. The van der Waals surface area contributed by atoms with Gasteiger partial charge in [-0.2, -0.15) is 0 Å². The van der Waals surface area contributed by atoms with Crippen molar-refractivity contribution in [3.05, 3.63) is 73.7 Å². The lowest BCUT2D eigenvalue weighted by Gasteiger charge is -2.30. The minimum atomic E-state index is -1.31. The molecule has 2 aromatic carbocycles. The molecule has 10 nitrogen and oxygen atoms in total. The highest BCUT2D eigenvalue weighted by molar-refractivity contribution is 8.00. The molecular weight excluding hydrogens is 542 g/mol. The van der Waals surface area contributed by atoms with Gasteiger partial charge in [0.1, 0.15) is 17.5 Å². The zero-order chi connectivity index (χ0) is 26.3. The topological polar surface area (TPSA) is 146 Å². The Morgan fingerprint density at radius 3 is 2.54 bits per heavy atom. The number of thiazole rings is 1. The summed E-state index contributed by atoms with van der Waals surface area (Å²) in [5.41, 5.74) is 1.04. The normalized spacial score (nSPS) is 20.4. The van der Waals surface area contributed by atoms with Crippen LogP contribution in [0.3, 0.4) is 0 Å². The second-order valence-corrected chi connectivity index (χ2v) is 10.9. The average Bonchev–Trinajstić information content (AvgIpc) is 3.35. The number of carbonyl (C=O) groups is 4. The van der Waals surface area contributed by atoms with Crippen LogP contribution in [-0.2, 0) is 19.2 Å². The first-order chi connectivity index (χ1) is 17.7. The lowest BCUT2D eigenvalue weighted by Crippen LogP contribution is -2.36. The van der Waals surface area contributed by atoms with Crippen molar-refractivity contribution in [2.24, 2.45) is 5.92 Å². The van der Waals surface area contributed by atoms with Crippen LogP contribution >= 0.6 is 34.7 Å². The summed E-state index contributed by atoms with van der Waals surface area (Å²) in [5, 5.41) is 12.0. The van der Waals surface area contributed by atoms with Crippen LogP contribution in [0.4, 0.5) is 5.69 Å². The monoisotopic (exact) mass is 559 g/mol. The van der Waals surface area contributed by atoms with Crippen LogP contribution in [0, 0.1) is 5.92 Å². The third-order valence-electron chi connectivity index (χ3n) is 5.95. The van der Waals surface area contributed by atoms with E-state index in [-0.39, 0.29) is 11.5 Å². The molecule has 1 saturated heterocycles. The molecule has 2 aliphatic rings. The number of nitrogens with one attached hydrogen (secondary N) is 2. The Morgan fingerprint density at radius 2 is 1.81 bits per heavy atom. The van der Waals surface area contributed by atoms with E-state index in [1.807, 2.05) is 0 Å². The molecule has 3 atom stereocenters. The van der Waals surface area contributed by atoms with E-state index in [9.17, 15) is 29.1 Å². The number of carboxylic acids is 1. The van der Waals surface area contributed by atoms with Crippen molar-refractivity contribution in [3.8, 4) is 5.75 Å². The number of thioether (sulfide) groups is 1. The van der Waals surface area contributed by atoms with E-state index in [0.29, 0.717) is 31.9 Å². The number of halogens is 1. The van der Waals surface area contributed by atoms with Gasteiger partial charge in [-0.25, -0.2) is 0 Å². The third-order valence-corrected chi connectivity index (χ3v) is 8.60. The zero-order valence-corrected chi connectivity index (χ0v) is 21.2. The maximum Gasteiger partial charge on any atom is 0.323 e. The number of imide groups is 1. The molecule has 0 spiro atoms. The molecule has 0 radical (unpaired) electrons. The summed E-state index contributed by atoms with van der Waals surface area (Å²) in [6, 6.07) is 13.3. The molecule has 2 aliphatic heterocycles. The minimum Gasteiger partial charge on any atom is -0.483 e. The Bertz CT molecular complexity index is 1470. The highest BCUT2D eigenvalue weighted by Crippen LogP contribution is 2.53. The number of likely N-dealkylation sites (tertiary alicyclic amines) is 1. The van der Waals surface area contributed by atoms with Crippen molar-refractivity contribution in [2.75, 3.05) is 18.5 Å². The predicted molar refractivity (Wildman–Crippen MR) is 136 cm³/mol. The average molecular weight is 560 g/mol. The standard InChI is InChI=1S/C24H18ClN3O7S2/c25-11-5-7-12(8-6-11)26-15(29)10-35-14-4-2-1-3-13(14)17-18-20(36-21-19(17)37-24(34)27-21)23(33)28(22(18)32)9-16(30)31/h1-8,17-18,20H,9-10H2,(H,26,29)(H,27,34)(H,30,31)/t17-,18+,20-/m0/s1. The molecule has 0 aliphatic carbocycles. The number of aromatic nitrogens is 1. The Morgan fingerprint density at radius 1 is 1.08 bits per heavy atom. The number of hydrogen-bond acceptors (Lipinski definition) is 8. The Balaban J connectivity index is 1.46. The molecule has 3 heterocycles. The third kappa shape index (κ3) is 4.87. The van der Waals surface area contributed by atoms with E-state index < -0.39 is 47.3 Å². The van der Waals surface area contributed by atoms with Crippen molar-refractivity contribution in [2.45, 2.75) is 16.2 Å². The number of para-hydroxylation sites is 1. The van der Waals surface area contributed by atoms with Crippen molar-refractivity contribution in [3.63, 3.8) is 0 Å². The summed E-state index contributed by atoms with van der Waals surface area (Å²) in [6.07, 6.45) is 0. The number of carboxylic acid groups (broad SMARTS) is 1. The maximum absolute atomic E-state index is 13.3. The van der Waals surface area contributed by atoms with Crippen LogP contribution in [0.5, 0.6) is 5.75 Å². The van der Waals surface area contributed by atoms with Gasteiger partial charge in [0.15, 0.2) is 6.61 Å². The summed E-state index contributed by atoms with van der Waals surface area (Å²) >= 11 is 7.84. The minimum absolute atomic E-state index is 0.299. The fraction of sp³-hybridized carbons (Fsp3) is 0.208. The predicted octanol–water partition coefficient (Wildman–Crippen LogP) is 2.78. The first-order valence-electron chi connectivity index (χ1n) is 11.0. The van der Waals surface area contributed by atoms with Crippen molar-refractivity contribution < 1.29 is 29.0 Å². The van der Waals surface area contributed by atoms with Crippen molar-refractivity contribution in [1.82, 2.24) is 9.88 Å². The van der Waals surface area contributed by atoms with Crippen molar-refractivity contribution in [1.29, 1.82) is 0 Å². The highest BCUT2D eigenvalue weighted by Gasteiger charge is 2.56. The summed E-state index contributed by atoms with van der Waals surface area (Å²) in [5.74, 6) is -4.38. The molecule has 1 fully saturated rings. The lowest BCUT2D eigenvalue weighted by atomic mass is 9.82. The number of benzene rings is 2. The van der Waals surface area contributed by atoms with Gasteiger partial charge in [0.2, 0.25) is 11.8 Å². The van der Waals surface area contributed by atoms with E-state index in [1.54, 1.807) is 48.5 Å². The van der Waals surface area contributed by atoms with E-state index in [4.69, 9.17) is 16.3 Å². The van der Waals surface area contributed by atoms with Crippen LogP contribution in [0.1, 0.15) is 16.4 Å². The maximum atomic E-state index is 13.3. The lowest BCUT2D eigenvalue weighted by molar-refractivity contribution is -0.149. The largest absolute Gasteiger partial charge is 0.483 e. The number of aromatic amines is 1. The van der Waals surface area contributed by atoms with Crippen LogP contribution in [0.15, 0.2) is 58.4 Å². The molecule has 190 valence electrons. The van der Waals surface area contributed by atoms with Gasteiger partial charge in [-0.05, 0) is 30.3 Å². The Hall–Kier alpha value is -3.61. The highest BCUT2D eigenvalue weighted by atomic mass is 35.5. The molecular formula is C24H18ClN3O7S2. The Kier molecular flexibility index (Phi) is 6.80. The van der Waals surface area contributed by atoms with Gasteiger partial charge in [-0.1, -0.05) is 52.9 Å². The Labute approximate surface area is 222 Å². The SMILES string of the molecule is O=C(O)CN1C(=O)[C@@H]2[C@H](c3ccccc3OCC(=O)Nc3ccc(Cl)cc3)c3sc(=O)[nH]c3S[C@@H]2C1=O. The van der Waals surface area contributed by atoms with Gasteiger partial charge in [-0.3, -0.25) is 28.9 Å². The number of carbonyl (C=O) groups excluding carboxylic acids is 3. The molecule has 0 unspecified atom stereocenters. The van der Waals surface area contributed by atoms with Crippen LogP contribution in [0.2, 0.25) is 5.02 Å². The number of H-pyrrole nitrogens is 1. The van der Waals surface area contributed by atoms with E-state index in [2.05, 4.69) is 10.3 Å². The van der Waals surface area contributed by atoms with Gasteiger partial charge in [0, 0.05) is 27.1 Å². The van der Waals surface area contributed by atoms with Crippen LogP contribution in [0.25, 0.3) is 0 Å². The molecule has 0 bridgehead atoms. The summed E-state index contributed by atoms with van der Waals surface area (Å²) in [6.45, 7) is -1.09. The van der Waals surface area contributed by atoms with Gasteiger partial charge in [-0.15, -0.1) is 0 Å². The quantitative estimate of drug-likeness (QED) is 0.375. The molecule has 3 aromatic rings. The van der Waals surface area contributed by atoms with E-state index >= 15 is 0 Å².